The van der Waals surface area contributed by atoms with E-state index in [4.69, 9.17) is 5.11 Å². The molecule has 0 spiro atoms. The Morgan fingerprint density at radius 3 is 2.70 bits per heavy atom. The minimum Gasteiger partial charge on any atom is -0.481 e. The molecule has 0 aliphatic rings. The molecular weight excluding hydrogens is 272 g/mol. The molecule has 1 aromatic carbocycles. The summed E-state index contributed by atoms with van der Waals surface area (Å²) < 4.78 is 0. The molecule has 0 radical (unpaired) electrons. The van der Waals surface area contributed by atoms with E-state index in [1.54, 1.807) is 0 Å². The SMILES string of the molecule is Cc1cc(-c2ccccc2)nc(SCC(=O)O)c1C#N. The summed E-state index contributed by atoms with van der Waals surface area (Å²) in [6, 6.07) is 13.5. The zero-order valence-corrected chi connectivity index (χ0v) is 11.6. The molecule has 0 saturated heterocycles. The average Bonchev–Trinajstić information content (AvgIpc) is 2.45. The Balaban J connectivity index is 2.47. The molecule has 100 valence electrons. The van der Waals surface area contributed by atoms with Gasteiger partial charge in [-0.2, -0.15) is 5.26 Å². The summed E-state index contributed by atoms with van der Waals surface area (Å²) in [5.41, 5.74) is 2.93. The van der Waals surface area contributed by atoms with Crippen LogP contribution in [0.5, 0.6) is 0 Å². The van der Waals surface area contributed by atoms with Crippen molar-refractivity contribution in [2.75, 3.05) is 5.75 Å². The highest BCUT2D eigenvalue weighted by atomic mass is 32.2. The average molecular weight is 284 g/mol. The lowest BCUT2D eigenvalue weighted by atomic mass is 10.1. The molecule has 0 aliphatic heterocycles. The predicted octanol–water partition coefficient (Wildman–Crippen LogP) is 3.11. The van der Waals surface area contributed by atoms with E-state index in [-0.39, 0.29) is 5.75 Å². The summed E-state index contributed by atoms with van der Waals surface area (Å²) in [4.78, 5) is 15.1. The molecule has 0 bridgehead atoms. The van der Waals surface area contributed by atoms with Crippen molar-refractivity contribution in [3.05, 3.63) is 47.5 Å². The topological polar surface area (TPSA) is 74.0 Å². The Hall–Kier alpha value is -2.32. The quantitative estimate of drug-likeness (QED) is 0.873. The van der Waals surface area contributed by atoms with Gasteiger partial charge in [0.25, 0.3) is 0 Å². The van der Waals surface area contributed by atoms with Gasteiger partial charge in [0.2, 0.25) is 0 Å². The summed E-state index contributed by atoms with van der Waals surface area (Å²) >= 11 is 1.07. The smallest absolute Gasteiger partial charge is 0.313 e. The van der Waals surface area contributed by atoms with Gasteiger partial charge in [0, 0.05) is 5.56 Å². The molecule has 4 nitrogen and oxygen atoms in total. The lowest BCUT2D eigenvalue weighted by molar-refractivity contribution is -0.133. The van der Waals surface area contributed by atoms with Crippen molar-refractivity contribution in [3.63, 3.8) is 0 Å². The first kappa shape index (κ1) is 14.1. The third kappa shape index (κ3) is 3.16. The van der Waals surface area contributed by atoms with Crippen LogP contribution in [0, 0.1) is 18.3 Å². The standard InChI is InChI=1S/C15H12N2O2S/c1-10-7-13(11-5-3-2-4-6-11)17-15(12(10)8-16)20-9-14(18)19/h2-7H,9H2,1H3,(H,18,19). The van der Waals surface area contributed by atoms with Crippen LogP contribution in [0.4, 0.5) is 0 Å². The Morgan fingerprint density at radius 1 is 1.40 bits per heavy atom. The number of pyridine rings is 1. The van der Waals surface area contributed by atoms with Crippen molar-refractivity contribution in [3.8, 4) is 17.3 Å². The highest BCUT2D eigenvalue weighted by molar-refractivity contribution is 7.99. The second-order valence-electron chi connectivity index (χ2n) is 4.16. The molecule has 0 amide bonds. The predicted molar refractivity (Wildman–Crippen MR) is 77.5 cm³/mol. The second-order valence-corrected chi connectivity index (χ2v) is 5.13. The van der Waals surface area contributed by atoms with Gasteiger partial charge in [-0.15, -0.1) is 0 Å². The van der Waals surface area contributed by atoms with Crippen LogP contribution in [-0.2, 0) is 4.79 Å². The number of hydrogen-bond acceptors (Lipinski definition) is 4. The summed E-state index contributed by atoms with van der Waals surface area (Å²) in [5.74, 6) is -1.04. The molecular formula is C15H12N2O2S. The van der Waals surface area contributed by atoms with Crippen LogP contribution >= 0.6 is 11.8 Å². The maximum Gasteiger partial charge on any atom is 0.313 e. The molecule has 20 heavy (non-hydrogen) atoms. The summed E-state index contributed by atoms with van der Waals surface area (Å²) in [5, 5.41) is 18.4. The molecule has 1 N–H and O–H groups in total. The third-order valence-electron chi connectivity index (χ3n) is 2.70. The number of benzene rings is 1. The van der Waals surface area contributed by atoms with E-state index >= 15 is 0 Å². The number of carbonyl (C=O) groups is 1. The first-order valence-electron chi connectivity index (χ1n) is 5.93. The minimum absolute atomic E-state index is 0.112. The van der Waals surface area contributed by atoms with Crippen LogP contribution < -0.4 is 0 Å². The van der Waals surface area contributed by atoms with E-state index in [0.717, 1.165) is 28.6 Å². The van der Waals surface area contributed by atoms with Gasteiger partial charge < -0.3 is 5.11 Å². The lowest BCUT2D eigenvalue weighted by Crippen LogP contribution is -2.01. The minimum atomic E-state index is -0.927. The van der Waals surface area contributed by atoms with Gasteiger partial charge in [-0.25, -0.2) is 4.98 Å². The number of aryl methyl sites for hydroxylation is 1. The molecule has 1 heterocycles. The van der Waals surface area contributed by atoms with Crippen molar-refractivity contribution in [1.82, 2.24) is 4.98 Å². The highest BCUT2D eigenvalue weighted by Crippen LogP contribution is 2.27. The molecule has 0 unspecified atom stereocenters. The van der Waals surface area contributed by atoms with Crippen molar-refractivity contribution in [2.24, 2.45) is 0 Å². The summed E-state index contributed by atoms with van der Waals surface area (Å²) in [6.45, 7) is 1.83. The normalized spacial score (nSPS) is 10.0. The van der Waals surface area contributed by atoms with Gasteiger partial charge in [-0.3, -0.25) is 4.79 Å². The highest BCUT2D eigenvalue weighted by Gasteiger charge is 2.12. The molecule has 2 rings (SSSR count). The number of aliphatic carboxylic acids is 1. The lowest BCUT2D eigenvalue weighted by Gasteiger charge is -2.08. The van der Waals surface area contributed by atoms with Crippen LogP contribution in [-0.4, -0.2) is 21.8 Å². The van der Waals surface area contributed by atoms with Crippen LogP contribution in [0.2, 0.25) is 0 Å². The summed E-state index contributed by atoms with van der Waals surface area (Å²) in [7, 11) is 0. The van der Waals surface area contributed by atoms with Crippen molar-refractivity contribution >= 4 is 17.7 Å². The van der Waals surface area contributed by atoms with Gasteiger partial charge in [-0.05, 0) is 18.6 Å². The van der Waals surface area contributed by atoms with Crippen LogP contribution in [0.1, 0.15) is 11.1 Å². The van der Waals surface area contributed by atoms with Gasteiger partial charge in [0.15, 0.2) is 0 Å². The van der Waals surface area contributed by atoms with Crippen LogP contribution in [0.3, 0.4) is 0 Å². The van der Waals surface area contributed by atoms with Crippen molar-refractivity contribution in [2.45, 2.75) is 11.9 Å². The Kier molecular flexibility index (Phi) is 4.38. The van der Waals surface area contributed by atoms with Gasteiger partial charge in [-0.1, -0.05) is 42.1 Å². The second kappa shape index (κ2) is 6.22. The number of hydrogen-bond donors (Lipinski definition) is 1. The number of nitriles is 1. The molecule has 0 atom stereocenters. The molecule has 0 aliphatic carbocycles. The third-order valence-corrected chi connectivity index (χ3v) is 3.66. The zero-order valence-electron chi connectivity index (χ0n) is 10.8. The fourth-order valence-electron chi connectivity index (χ4n) is 1.77. The molecule has 0 saturated carbocycles. The first-order chi connectivity index (χ1) is 9.61. The van der Waals surface area contributed by atoms with E-state index in [1.807, 2.05) is 43.3 Å². The van der Waals surface area contributed by atoms with E-state index in [9.17, 15) is 10.1 Å². The monoisotopic (exact) mass is 284 g/mol. The molecule has 1 aromatic heterocycles. The first-order valence-corrected chi connectivity index (χ1v) is 6.92. The zero-order chi connectivity index (χ0) is 14.5. The Bertz CT molecular complexity index is 678. The fourth-order valence-corrected chi connectivity index (χ4v) is 2.54. The number of thioether (sulfide) groups is 1. The molecule has 5 heteroatoms. The van der Waals surface area contributed by atoms with Gasteiger partial charge in [0.05, 0.1) is 17.0 Å². The summed E-state index contributed by atoms with van der Waals surface area (Å²) in [6.07, 6.45) is 0. The number of aromatic nitrogens is 1. The van der Waals surface area contributed by atoms with Gasteiger partial charge in [0.1, 0.15) is 11.1 Å². The Morgan fingerprint density at radius 2 is 2.10 bits per heavy atom. The largest absolute Gasteiger partial charge is 0.481 e. The van der Waals surface area contributed by atoms with E-state index in [0.29, 0.717) is 10.6 Å². The number of nitrogens with zero attached hydrogens (tertiary/aromatic N) is 2. The maximum atomic E-state index is 10.7. The van der Waals surface area contributed by atoms with E-state index in [1.165, 1.54) is 0 Å². The Labute approximate surface area is 121 Å². The van der Waals surface area contributed by atoms with E-state index in [2.05, 4.69) is 11.1 Å². The fraction of sp³-hybridized carbons (Fsp3) is 0.133. The number of carboxylic acids is 1. The maximum absolute atomic E-state index is 10.7. The molecule has 0 fully saturated rings. The van der Waals surface area contributed by atoms with Gasteiger partial charge >= 0.3 is 5.97 Å². The van der Waals surface area contributed by atoms with Crippen LogP contribution in [0.25, 0.3) is 11.3 Å². The van der Waals surface area contributed by atoms with E-state index < -0.39 is 5.97 Å². The van der Waals surface area contributed by atoms with Crippen molar-refractivity contribution < 1.29 is 9.90 Å². The number of carboxylic acid groups (broad SMARTS) is 1. The van der Waals surface area contributed by atoms with Crippen molar-refractivity contribution in [1.29, 1.82) is 5.26 Å². The number of rotatable bonds is 4. The van der Waals surface area contributed by atoms with Crippen LogP contribution in [0.15, 0.2) is 41.4 Å². The molecule has 2 aromatic rings.